The van der Waals surface area contributed by atoms with Crippen molar-refractivity contribution in [1.29, 1.82) is 0 Å². The lowest BCUT2D eigenvalue weighted by atomic mass is 10.0. The van der Waals surface area contributed by atoms with E-state index in [1.807, 2.05) is 29.2 Å². The Bertz CT molecular complexity index is 811. The van der Waals surface area contributed by atoms with Crippen LogP contribution in [-0.4, -0.2) is 46.7 Å². The molecule has 3 heterocycles. The number of piperidine rings is 1. The summed E-state index contributed by atoms with van der Waals surface area (Å²) < 4.78 is 7.04. The molecule has 2 aliphatic rings. The SMILES string of the molecule is O=C(C1CCOC1)N1CCCC(n2cnc3ccccc3c2=O)C1. The van der Waals surface area contributed by atoms with E-state index in [4.69, 9.17) is 4.74 Å². The first-order valence-electron chi connectivity index (χ1n) is 8.56. The molecular formula is C18H21N3O3. The Morgan fingerprint density at radius 2 is 2.12 bits per heavy atom. The van der Waals surface area contributed by atoms with Gasteiger partial charge in [-0.1, -0.05) is 12.1 Å². The van der Waals surface area contributed by atoms with Gasteiger partial charge in [-0.2, -0.15) is 0 Å². The maximum atomic E-state index is 12.8. The van der Waals surface area contributed by atoms with Crippen LogP contribution in [0.3, 0.4) is 0 Å². The van der Waals surface area contributed by atoms with Crippen molar-refractivity contribution in [2.24, 2.45) is 5.92 Å². The first-order valence-corrected chi connectivity index (χ1v) is 8.56. The second kappa shape index (κ2) is 6.36. The topological polar surface area (TPSA) is 64.4 Å². The van der Waals surface area contributed by atoms with Crippen molar-refractivity contribution in [3.8, 4) is 0 Å². The number of rotatable bonds is 2. The van der Waals surface area contributed by atoms with Crippen LogP contribution >= 0.6 is 0 Å². The third-order valence-corrected chi connectivity index (χ3v) is 5.07. The number of benzene rings is 1. The van der Waals surface area contributed by atoms with E-state index in [9.17, 15) is 9.59 Å². The van der Waals surface area contributed by atoms with E-state index < -0.39 is 0 Å². The summed E-state index contributed by atoms with van der Waals surface area (Å²) in [5.74, 6) is 0.147. The zero-order valence-electron chi connectivity index (χ0n) is 13.6. The largest absolute Gasteiger partial charge is 0.381 e. The van der Waals surface area contributed by atoms with Crippen LogP contribution in [0.1, 0.15) is 25.3 Å². The van der Waals surface area contributed by atoms with Crippen LogP contribution in [0.4, 0.5) is 0 Å². The molecule has 1 amide bonds. The Labute approximate surface area is 140 Å². The van der Waals surface area contributed by atoms with Crippen molar-refractivity contribution in [2.45, 2.75) is 25.3 Å². The summed E-state index contributed by atoms with van der Waals surface area (Å²) in [6, 6.07) is 7.38. The molecule has 2 unspecified atom stereocenters. The Morgan fingerprint density at radius 1 is 1.25 bits per heavy atom. The van der Waals surface area contributed by atoms with Gasteiger partial charge in [0.2, 0.25) is 5.91 Å². The molecule has 0 aliphatic carbocycles. The minimum absolute atomic E-state index is 0.00497. The number of nitrogens with zero attached hydrogens (tertiary/aromatic N) is 3. The van der Waals surface area contributed by atoms with Crippen LogP contribution in [0.2, 0.25) is 0 Å². The van der Waals surface area contributed by atoms with Gasteiger partial charge in [0.1, 0.15) is 0 Å². The molecule has 0 N–H and O–H groups in total. The van der Waals surface area contributed by atoms with Crippen LogP contribution in [0.5, 0.6) is 0 Å². The fourth-order valence-corrected chi connectivity index (χ4v) is 3.71. The van der Waals surface area contributed by atoms with Crippen LogP contribution in [-0.2, 0) is 9.53 Å². The fraction of sp³-hybridized carbons (Fsp3) is 0.500. The number of aromatic nitrogens is 2. The standard InChI is InChI=1S/C18H21N3O3/c22-17(13-7-9-24-11-13)20-8-3-4-14(10-20)21-12-19-16-6-2-1-5-15(16)18(21)23/h1-2,5-6,12-14H,3-4,7-11H2. The van der Waals surface area contributed by atoms with E-state index in [1.165, 1.54) is 0 Å². The van der Waals surface area contributed by atoms with Crippen LogP contribution in [0.15, 0.2) is 35.4 Å². The van der Waals surface area contributed by atoms with Gasteiger partial charge in [-0.3, -0.25) is 14.2 Å². The van der Waals surface area contributed by atoms with Crippen molar-refractivity contribution in [3.05, 3.63) is 40.9 Å². The summed E-state index contributed by atoms with van der Waals surface area (Å²) in [4.78, 5) is 31.7. The number of likely N-dealkylation sites (tertiary alicyclic amines) is 1. The van der Waals surface area contributed by atoms with Crippen molar-refractivity contribution in [2.75, 3.05) is 26.3 Å². The predicted octanol–water partition coefficient (Wildman–Crippen LogP) is 1.60. The number of hydrogen-bond acceptors (Lipinski definition) is 4. The zero-order chi connectivity index (χ0) is 16.5. The van der Waals surface area contributed by atoms with Gasteiger partial charge in [0.15, 0.2) is 0 Å². The molecule has 1 aromatic heterocycles. The molecule has 24 heavy (non-hydrogen) atoms. The molecule has 0 saturated carbocycles. The van der Waals surface area contributed by atoms with Crippen molar-refractivity contribution in [3.63, 3.8) is 0 Å². The monoisotopic (exact) mass is 327 g/mol. The van der Waals surface area contributed by atoms with Gasteiger partial charge in [-0.25, -0.2) is 4.98 Å². The van der Waals surface area contributed by atoms with Crippen molar-refractivity contribution < 1.29 is 9.53 Å². The second-order valence-electron chi connectivity index (χ2n) is 6.61. The highest BCUT2D eigenvalue weighted by Crippen LogP contribution is 2.24. The third kappa shape index (κ3) is 2.71. The Hall–Kier alpha value is -2.21. The summed E-state index contributed by atoms with van der Waals surface area (Å²) in [6.45, 7) is 2.54. The second-order valence-corrected chi connectivity index (χ2v) is 6.61. The van der Waals surface area contributed by atoms with Gasteiger partial charge < -0.3 is 9.64 Å². The quantitative estimate of drug-likeness (QED) is 0.840. The van der Waals surface area contributed by atoms with E-state index in [0.717, 1.165) is 25.8 Å². The number of fused-ring (bicyclic) bond motifs is 1. The summed E-state index contributed by atoms with van der Waals surface area (Å²) in [5.41, 5.74) is 0.690. The molecule has 2 aromatic rings. The van der Waals surface area contributed by atoms with E-state index >= 15 is 0 Å². The van der Waals surface area contributed by atoms with Gasteiger partial charge in [0, 0.05) is 19.7 Å². The molecule has 2 saturated heterocycles. The van der Waals surface area contributed by atoms with Crippen LogP contribution in [0.25, 0.3) is 10.9 Å². The van der Waals surface area contributed by atoms with Gasteiger partial charge in [-0.15, -0.1) is 0 Å². The van der Waals surface area contributed by atoms with Crippen molar-refractivity contribution >= 4 is 16.8 Å². The molecule has 6 heteroatoms. The summed E-state index contributed by atoms with van der Waals surface area (Å²) in [5, 5.41) is 0.632. The van der Waals surface area contributed by atoms with Crippen LogP contribution in [0, 0.1) is 5.92 Å². The molecule has 0 bridgehead atoms. The number of ether oxygens (including phenoxy) is 1. The van der Waals surface area contributed by atoms with Gasteiger partial charge in [0.05, 0.1) is 35.8 Å². The maximum Gasteiger partial charge on any atom is 0.261 e. The average Bonchev–Trinajstić information content (AvgIpc) is 3.16. The smallest absolute Gasteiger partial charge is 0.261 e. The number of carbonyl (C=O) groups is 1. The van der Waals surface area contributed by atoms with E-state index in [1.54, 1.807) is 10.9 Å². The summed E-state index contributed by atoms with van der Waals surface area (Å²) >= 11 is 0. The fourth-order valence-electron chi connectivity index (χ4n) is 3.71. The Morgan fingerprint density at radius 3 is 2.96 bits per heavy atom. The van der Waals surface area contributed by atoms with Gasteiger partial charge in [-0.05, 0) is 31.4 Å². The van der Waals surface area contributed by atoms with E-state index in [0.29, 0.717) is 30.7 Å². The highest BCUT2D eigenvalue weighted by molar-refractivity contribution is 5.79. The Kier molecular flexibility index (Phi) is 4.06. The molecule has 1 aromatic carbocycles. The lowest BCUT2D eigenvalue weighted by molar-refractivity contribution is -0.137. The molecule has 126 valence electrons. The van der Waals surface area contributed by atoms with Gasteiger partial charge >= 0.3 is 0 Å². The lowest BCUT2D eigenvalue weighted by Crippen LogP contribution is -2.45. The molecule has 2 atom stereocenters. The average molecular weight is 327 g/mol. The van der Waals surface area contributed by atoms with Crippen molar-refractivity contribution in [1.82, 2.24) is 14.5 Å². The number of hydrogen-bond donors (Lipinski definition) is 0. The minimum Gasteiger partial charge on any atom is -0.381 e. The minimum atomic E-state index is -0.0240. The normalized spacial score (nSPS) is 24.4. The molecule has 6 nitrogen and oxygen atoms in total. The van der Waals surface area contributed by atoms with E-state index in [-0.39, 0.29) is 23.4 Å². The van der Waals surface area contributed by atoms with E-state index in [2.05, 4.69) is 4.98 Å². The maximum absolute atomic E-state index is 12.8. The zero-order valence-corrected chi connectivity index (χ0v) is 13.6. The summed E-state index contributed by atoms with van der Waals surface area (Å²) in [6.07, 6.45) is 4.23. The molecule has 0 radical (unpaired) electrons. The van der Waals surface area contributed by atoms with Crippen LogP contribution < -0.4 is 5.56 Å². The molecule has 0 spiro atoms. The molecular weight excluding hydrogens is 306 g/mol. The first-order chi connectivity index (χ1) is 11.7. The summed E-state index contributed by atoms with van der Waals surface area (Å²) in [7, 11) is 0. The highest BCUT2D eigenvalue weighted by atomic mass is 16.5. The Balaban J connectivity index is 1.59. The highest BCUT2D eigenvalue weighted by Gasteiger charge is 2.32. The first kappa shape index (κ1) is 15.3. The molecule has 2 aliphatic heterocycles. The van der Waals surface area contributed by atoms with Gasteiger partial charge in [0.25, 0.3) is 5.56 Å². The molecule has 2 fully saturated rings. The molecule has 4 rings (SSSR count). The number of carbonyl (C=O) groups excluding carboxylic acids is 1. The number of amides is 1. The number of para-hydroxylation sites is 1. The lowest BCUT2D eigenvalue weighted by Gasteiger charge is -2.34. The predicted molar refractivity (Wildman–Crippen MR) is 89.8 cm³/mol. The third-order valence-electron chi connectivity index (χ3n) is 5.07.